The average Bonchev–Trinajstić information content (AvgIpc) is 2.55. The maximum atomic E-state index is 12.8. The zero-order valence-corrected chi connectivity index (χ0v) is 13.0. The number of nitrogens with two attached hydrogens (primary N) is 1. The Labute approximate surface area is 136 Å². The Balaban J connectivity index is 2.32. The number of H-pyrrole nitrogens is 1. The molecule has 0 fully saturated rings. The molecule has 0 aliphatic heterocycles. The average molecular weight is 327 g/mol. The van der Waals surface area contributed by atoms with Crippen LogP contribution in [0.1, 0.15) is 10.4 Å². The van der Waals surface area contributed by atoms with Gasteiger partial charge in [0.25, 0.3) is 5.56 Å². The van der Waals surface area contributed by atoms with E-state index in [0.717, 1.165) is 0 Å². The Bertz CT molecular complexity index is 1040. The molecule has 0 amide bonds. The molecule has 3 aromatic rings. The highest BCUT2D eigenvalue weighted by molar-refractivity contribution is 7.71. The lowest BCUT2D eigenvalue weighted by Gasteiger charge is -2.10. The number of methoxy groups -OCH3 is 1. The summed E-state index contributed by atoms with van der Waals surface area (Å²) in [5.41, 5.74) is 7.39. The van der Waals surface area contributed by atoms with Gasteiger partial charge in [0.1, 0.15) is 0 Å². The van der Waals surface area contributed by atoms with Gasteiger partial charge >= 0.3 is 5.97 Å². The highest BCUT2D eigenvalue weighted by Crippen LogP contribution is 2.17. The number of hydrogen-bond donors (Lipinski definition) is 2. The van der Waals surface area contributed by atoms with Gasteiger partial charge < -0.3 is 15.5 Å². The number of aromatic amines is 1. The number of rotatable bonds is 2. The van der Waals surface area contributed by atoms with Gasteiger partial charge in [0.05, 0.1) is 35.0 Å². The second-order valence-electron chi connectivity index (χ2n) is 4.88. The number of carbonyl (C=O) groups is 1. The van der Waals surface area contributed by atoms with Crippen molar-refractivity contribution in [1.82, 2.24) is 9.55 Å². The van der Waals surface area contributed by atoms with Crippen molar-refractivity contribution < 1.29 is 9.53 Å². The molecule has 116 valence electrons. The lowest BCUT2D eigenvalue weighted by Crippen LogP contribution is -2.21. The van der Waals surface area contributed by atoms with Crippen LogP contribution in [0.3, 0.4) is 0 Å². The van der Waals surface area contributed by atoms with E-state index in [1.807, 2.05) is 0 Å². The van der Waals surface area contributed by atoms with E-state index in [0.29, 0.717) is 27.8 Å². The van der Waals surface area contributed by atoms with E-state index in [2.05, 4.69) is 9.72 Å². The minimum Gasteiger partial charge on any atom is -0.465 e. The Morgan fingerprint density at radius 1 is 1.26 bits per heavy atom. The molecular formula is C16H13N3O3S. The molecule has 7 heteroatoms. The van der Waals surface area contributed by atoms with Crippen LogP contribution in [0.25, 0.3) is 16.6 Å². The Morgan fingerprint density at radius 2 is 2.00 bits per heavy atom. The van der Waals surface area contributed by atoms with Crippen molar-refractivity contribution in [3.63, 3.8) is 0 Å². The maximum Gasteiger partial charge on any atom is 0.337 e. The number of nitrogens with one attached hydrogen (secondary N) is 1. The number of hydrogen-bond acceptors (Lipinski definition) is 5. The summed E-state index contributed by atoms with van der Waals surface area (Å²) in [5, 5.41) is 0.398. The summed E-state index contributed by atoms with van der Waals surface area (Å²) in [7, 11) is 1.30. The fourth-order valence-electron chi connectivity index (χ4n) is 2.37. The van der Waals surface area contributed by atoms with E-state index in [4.69, 9.17) is 18.0 Å². The van der Waals surface area contributed by atoms with Gasteiger partial charge in [-0.1, -0.05) is 12.1 Å². The predicted molar refractivity (Wildman–Crippen MR) is 90.5 cm³/mol. The van der Waals surface area contributed by atoms with Crippen molar-refractivity contribution in [2.45, 2.75) is 0 Å². The standard InChI is InChI=1S/C16H13N3O3S/c1-22-15(21)9-6-7-10-12(8-9)18-16(23)19(14(10)20)13-5-3-2-4-11(13)17/h2-8H,17H2,1H3,(H,18,23). The normalized spacial score (nSPS) is 10.7. The van der Waals surface area contributed by atoms with Crippen molar-refractivity contribution in [1.29, 1.82) is 0 Å². The van der Waals surface area contributed by atoms with E-state index in [9.17, 15) is 9.59 Å². The van der Waals surface area contributed by atoms with Crippen molar-refractivity contribution >= 4 is 34.8 Å². The third-order valence-corrected chi connectivity index (χ3v) is 3.78. The molecule has 0 aliphatic rings. The summed E-state index contributed by atoms with van der Waals surface area (Å²) in [6.07, 6.45) is 0. The first-order valence-corrected chi connectivity index (χ1v) is 7.16. The molecule has 0 spiro atoms. The van der Waals surface area contributed by atoms with Gasteiger partial charge in [-0.2, -0.15) is 0 Å². The van der Waals surface area contributed by atoms with Crippen LogP contribution >= 0.6 is 12.2 Å². The summed E-state index contributed by atoms with van der Waals surface area (Å²) >= 11 is 5.28. The quantitative estimate of drug-likeness (QED) is 0.428. The summed E-state index contributed by atoms with van der Waals surface area (Å²) < 4.78 is 6.21. The van der Waals surface area contributed by atoms with Crippen LogP contribution in [0.5, 0.6) is 0 Å². The van der Waals surface area contributed by atoms with Gasteiger partial charge in [0.15, 0.2) is 4.77 Å². The van der Waals surface area contributed by atoms with E-state index >= 15 is 0 Å². The monoisotopic (exact) mass is 327 g/mol. The molecule has 23 heavy (non-hydrogen) atoms. The van der Waals surface area contributed by atoms with Gasteiger partial charge in [-0.05, 0) is 42.5 Å². The number of esters is 1. The smallest absolute Gasteiger partial charge is 0.337 e. The van der Waals surface area contributed by atoms with Gasteiger partial charge in [-0.15, -0.1) is 0 Å². The van der Waals surface area contributed by atoms with E-state index < -0.39 is 5.97 Å². The number of para-hydroxylation sites is 2. The number of nitrogen functional groups attached to an aromatic ring is 1. The minimum atomic E-state index is -0.484. The highest BCUT2D eigenvalue weighted by atomic mass is 32.1. The number of anilines is 1. The number of nitrogens with zero attached hydrogens (tertiary/aromatic N) is 1. The van der Waals surface area contributed by atoms with Crippen molar-refractivity contribution in [2.75, 3.05) is 12.8 Å². The molecule has 0 atom stereocenters. The van der Waals surface area contributed by atoms with Gasteiger partial charge in [-0.25, -0.2) is 4.79 Å². The molecule has 0 saturated heterocycles. The Hall–Kier alpha value is -2.93. The molecule has 3 rings (SSSR count). The second-order valence-corrected chi connectivity index (χ2v) is 5.27. The first kappa shape index (κ1) is 15.0. The van der Waals surface area contributed by atoms with Crippen LogP contribution in [0.4, 0.5) is 5.69 Å². The molecule has 3 N–H and O–H groups in total. The van der Waals surface area contributed by atoms with Crippen molar-refractivity contribution in [3.05, 3.63) is 63.2 Å². The third-order valence-electron chi connectivity index (χ3n) is 3.50. The van der Waals surface area contributed by atoms with E-state index in [-0.39, 0.29) is 10.3 Å². The molecule has 0 radical (unpaired) electrons. The molecule has 0 bridgehead atoms. The molecule has 0 unspecified atom stereocenters. The van der Waals surface area contributed by atoms with Crippen LogP contribution in [0, 0.1) is 4.77 Å². The maximum absolute atomic E-state index is 12.8. The topological polar surface area (TPSA) is 90.1 Å². The molecule has 0 saturated carbocycles. The molecule has 0 aliphatic carbocycles. The summed E-state index contributed by atoms with van der Waals surface area (Å²) in [6.45, 7) is 0. The number of aromatic nitrogens is 2. The summed E-state index contributed by atoms with van der Waals surface area (Å²) in [4.78, 5) is 27.3. The lowest BCUT2D eigenvalue weighted by molar-refractivity contribution is 0.0601. The fraction of sp³-hybridized carbons (Fsp3) is 0.0625. The Kier molecular flexibility index (Phi) is 3.71. The van der Waals surface area contributed by atoms with Crippen LogP contribution in [-0.2, 0) is 4.74 Å². The third kappa shape index (κ3) is 2.51. The molecule has 2 aromatic carbocycles. The largest absolute Gasteiger partial charge is 0.465 e. The van der Waals surface area contributed by atoms with Crippen molar-refractivity contribution in [3.8, 4) is 5.69 Å². The van der Waals surface area contributed by atoms with Gasteiger partial charge in [-0.3, -0.25) is 9.36 Å². The minimum absolute atomic E-state index is 0.197. The first-order valence-electron chi connectivity index (χ1n) is 6.75. The summed E-state index contributed by atoms with van der Waals surface area (Å²) in [6, 6.07) is 11.6. The van der Waals surface area contributed by atoms with Gasteiger partial charge in [0, 0.05) is 0 Å². The predicted octanol–water partition coefficient (Wildman–Crippen LogP) is 2.42. The molecule has 1 aromatic heterocycles. The van der Waals surface area contributed by atoms with Crippen LogP contribution in [0.15, 0.2) is 47.3 Å². The van der Waals surface area contributed by atoms with Gasteiger partial charge in [0.2, 0.25) is 0 Å². The fourth-order valence-corrected chi connectivity index (χ4v) is 2.66. The van der Waals surface area contributed by atoms with Crippen molar-refractivity contribution in [2.24, 2.45) is 0 Å². The highest BCUT2D eigenvalue weighted by Gasteiger charge is 2.12. The van der Waals surface area contributed by atoms with Crippen LogP contribution in [0.2, 0.25) is 0 Å². The van der Waals surface area contributed by atoms with E-state index in [1.54, 1.807) is 30.3 Å². The lowest BCUT2D eigenvalue weighted by atomic mass is 10.1. The first-order chi connectivity index (χ1) is 11.0. The molecular weight excluding hydrogens is 314 g/mol. The zero-order valence-electron chi connectivity index (χ0n) is 12.2. The van der Waals surface area contributed by atoms with Crippen LogP contribution < -0.4 is 11.3 Å². The zero-order chi connectivity index (χ0) is 16.6. The SMILES string of the molecule is COC(=O)c1ccc2c(=O)n(-c3ccccc3N)c(=S)[nH]c2c1. The number of carbonyl (C=O) groups excluding carboxylic acids is 1. The summed E-state index contributed by atoms with van der Waals surface area (Å²) in [5.74, 6) is -0.484. The number of fused-ring (bicyclic) bond motifs is 1. The molecule has 6 nitrogen and oxygen atoms in total. The second kappa shape index (κ2) is 5.69. The van der Waals surface area contributed by atoms with E-state index in [1.165, 1.54) is 23.8 Å². The van der Waals surface area contributed by atoms with Crippen LogP contribution in [-0.4, -0.2) is 22.6 Å². The number of benzene rings is 2. The molecule has 1 heterocycles. The Morgan fingerprint density at radius 3 is 2.70 bits per heavy atom. The number of ether oxygens (including phenoxy) is 1.